The predicted molar refractivity (Wildman–Crippen MR) is 82.1 cm³/mol. The van der Waals surface area contributed by atoms with Crippen LogP contribution in [-0.2, 0) is 0 Å². The zero-order chi connectivity index (χ0) is 15.4. The van der Waals surface area contributed by atoms with Gasteiger partial charge in [0, 0.05) is 30.4 Å². The van der Waals surface area contributed by atoms with Crippen LogP contribution < -0.4 is 5.32 Å². The topological polar surface area (TPSA) is 90.9 Å². The first kappa shape index (κ1) is 14.7. The number of pyridine rings is 1. The summed E-state index contributed by atoms with van der Waals surface area (Å²) in [6.45, 7) is 0.495. The first-order chi connectivity index (χ1) is 10.8. The van der Waals surface area contributed by atoms with Crippen LogP contribution in [0, 0.1) is 5.92 Å². The van der Waals surface area contributed by atoms with Gasteiger partial charge in [-0.2, -0.15) is 5.10 Å². The van der Waals surface area contributed by atoms with Gasteiger partial charge >= 0.3 is 0 Å². The van der Waals surface area contributed by atoms with Crippen LogP contribution >= 0.6 is 0 Å². The summed E-state index contributed by atoms with van der Waals surface area (Å²) in [7, 11) is 0. The molecule has 1 aliphatic carbocycles. The Morgan fingerprint density at radius 3 is 2.86 bits per heavy atom. The van der Waals surface area contributed by atoms with E-state index >= 15 is 0 Å². The predicted octanol–water partition coefficient (Wildman–Crippen LogP) is 1.75. The van der Waals surface area contributed by atoms with E-state index in [0.29, 0.717) is 12.2 Å². The molecule has 0 spiro atoms. The molecule has 1 aliphatic rings. The molecule has 0 radical (unpaired) electrons. The van der Waals surface area contributed by atoms with E-state index in [1.54, 1.807) is 18.6 Å². The molecule has 0 aliphatic heterocycles. The molecule has 1 saturated carbocycles. The van der Waals surface area contributed by atoms with Gasteiger partial charge in [0.25, 0.3) is 5.91 Å². The Morgan fingerprint density at radius 2 is 2.09 bits per heavy atom. The molecule has 1 amide bonds. The number of carbonyl (C=O) groups excluding carboxylic acids is 1. The van der Waals surface area contributed by atoms with Crippen molar-refractivity contribution >= 4 is 5.91 Å². The largest absolute Gasteiger partial charge is 0.393 e. The van der Waals surface area contributed by atoms with Gasteiger partial charge in [0.15, 0.2) is 0 Å². The number of rotatable bonds is 4. The van der Waals surface area contributed by atoms with E-state index in [0.717, 1.165) is 36.8 Å². The average molecular weight is 300 g/mol. The van der Waals surface area contributed by atoms with Gasteiger partial charge in [-0.3, -0.25) is 14.9 Å². The first-order valence-corrected chi connectivity index (χ1v) is 7.65. The molecule has 2 heterocycles. The van der Waals surface area contributed by atoms with Crippen molar-refractivity contribution in [1.29, 1.82) is 0 Å². The minimum absolute atomic E-state index is 0.144. The number of amides is 1. The molecule has 0 saturated heterocycles. The molecule has 1 fully saturated rings. The van der Waals surface area contributed by atoms with Crippen LogP contribution in [0.5, 0.6) is 0 Å². The van der Waals surface area contributed by atoms with Gasteiger partial charge in [0.05, 0.1) is 12.3 Å². The molecular formula is C16H20N4O2. The van der Waals surface area contributed by atoms with E-state index < -0.39 is 0 Å². The molecule has 0 aromatic carbocycles. The smallest absolute Gasteiger partial charge is 0.269 e. The fraction of sp³-hybridized carbons (Fsp3) is 0.438. The number of aromatic amines is 1. The van der Waals surface area contributed by atoms with Crippen molar-refractivity contribution in [2.45, 2.75) is 31.8 Å². The monoisotopic (exact) mass is 300 g/mol. The maximum atomic E-state index is 12.4. The van der Waals surface area contributed by atoms with Gasteiger partial charge in [0.2, 0.25) is 0 Å². The lowest BCUT2D eigenvalue weighted by molar-refractivity contribution is 0.0662. The zero-order valence-electron chi connectivity index (χ0n) is 12.3. The van der Waals surface area contributed by atoms with E-state index in [1.165, 1.54) is 0 Å². The van der Waals surface area contributed by atoms with Crippen molar-refractivity contribution < 1.29 is 9.90 Å². The van der Waals surface area contributed by atoms with Crippen LogP contribution in [0.25, 0.3) is 11.1 Å². The van der Waals surface area contributed by atoms with Crippen molar-refractivity contribution in [2.75, 3.05) is 6.54 Å². The van der Waals surface area contributed by atoms with Crippen LogP contribution in [0.3, 0.4) is 0 Å². The average Bonchev–Trinajstić information content (AvgIpc) is 3.04. The van der Waals surface area contributed by atoms with Crippen molar-refractivity contribution in [3.63, 3.8) is 0 Å². The van der Waals surface area contributed by atoms with Crippen LogP contribution in [0.1, 0.15) is 36.2 Å². The third-order valence-corrected chi connectivity index (χ3v) is 4.25. The molecule has 3 N–H and O–H groups in total. The number of aromatic nitrogens is 3. The number of nitrogens with one attached hydrogen (secondary N) is 2. The van der Waals surface area contributed by atoms with E-state index in [2.05, 4.69) is 20.5 Å². The Bertz CT molecular complexity index is 626. The van der Waals surface area contributed by atoms with E-state index in [4.69, 9.17) is 0 Å². The van der Waals surface area contributed by atoms with Crippen LogP contribution in [0.15, 0.2) is 30.7 Å². The van der Waals surface area contributed by atoms with Crippen molar-refractivity contribution in [3.05, 3.63) is 36.4 Å². The number of carbonyl (C=O) groups is 1. The van der Waals surface area contributed by atoms with E-state index in [1.807, 2.05) is 12.1 Å². The highest BCUT2D eigenvalue weighted by Gasteiger charge is 2.24. The summed E-state index contributed by atoms with van der Waals surface area (Å²) in [6.07, 6.45) is 8.66. The Balaban J connectivity index is 1.67. The second-order valence-corrected chi connectivity index (χ2v) is 5.72. The lowest BCUT2D eigenvalue weighted by Crippen LogP contribution is -2.36. The van der Waals surface area contributed by atoms with Crippen LogP contribution in [0.2, 0.25) is 0 Å². The van der Waals surface area contributed by atoms with Gasteiger partial charge in [-0.25, -0.2) is 0 Å². The summed E-state index contributed by atoms with van der Waals surface area (Å²) < 4.78 is 0. The van der Waals surface area contributed by atoms with Gasteiger partial charge in [-0.1, -0.05) is 12.8 Å². The van der Waals surface area contributed by atoms with Crippen LogP contribution in [-0.4, -0.2) is 38.8 Å². The highest BCUT2D eigenvalue weighted by molar-refractivity contribution is 5.98. The Labute approximate surface area is 129 Å². The molecule has 3 rings (SSSR count). The zero-order valence-corrected chi connectivity index (χ0v) is 12.3. The molecule has 2 aromatic heterocycles. The molecule has 6 nitrogen and oxygen atoms in total. The minimum atomic E-state index is -0.310. The fourth-order valence-corrected chi connectivity index (χ4v) is 2.95. The quantitative estimate of drug-likeness (QED) is 0.802. The normalized spacial score (nSPS) is 21.5. The summed E-state index contributed by atoms with van der Waals surface area (Å²) in [5, 5.41) is 19.6. The van der Waals surface area contributed by atoms with Gasteiger partial charge in [-0.05, 0) is 30.5 Å². The molecule has 116 valence electrons. The number of H-pyrrole nitrogens is 1. The number of nitrogens with zero attached hydrogens (tertiary/aromatic N) is 2. The summed E-state index contributed by atoms with van der Waals surface area (Å²) in [5.41, 5.74) is 2.09. The Morgan fingerprint density at radius 1 is 1.32 bits per heavy atom. The van der Waals surface area contributed by atoms with Gasteiger partial charge in [0.1, 0.15) is 5.69 Å². The minimum Gasteiger partial charge on any atom is -0.393 e. The molecule has 0 unspecified atom stereocenters. The molecule has 22 heavy (non-hydrogen) atoms. The molecule has 0 bridgehead atoms. The van der Waals surface area contributed by atoms with Gasteiger partial charge in [-0.15, -0.1) is 0 Å². The first-order valence-electron chi connectivity index (χ1n) is 7.65. The van der Waals surface area contributed by atoms with Gasteiger partial charge < -0.3 is 10.4 Å². The highest BCUT2D eigenvalue weighted by Crippen LogP contribution is 2.24. The molecule has 2 atom stereocenters. The second-order valence-electron chi connectivity index (χ2n) is 5.72. The lowest BCUT2D eigenvalue weighted by atomic mass is 9.86. The highest BCUT2D eigenvalue weighted by atomic mass is 16.3. The summed E-state index contributed by atoms with van der Waals surface area (Å²) >= 11 is 0. The third kappa shape index (κ3) is 3.17. The summed E-state index contributed by atoms with van der Waals surface area (Å²) in [4.78, 5) is 16.3. The summed E-state index contributed by atoms with van der Waals surface area (Å²) in [5.74, 6) is -0.0490. The maximum Gasteiger partial charge on any atom is 0.269 e. The lowest BCUT2D eigenvalue weighted by Gasteiger charge is -2.27. The number of aliphatic hydroxyl groups is 1. The fourth-order valence-electron chi connectivity index (χ4n) is 2.95. The third-order valence-electron chi connectivity index (χ3n) is 4.25. The van der Waals surface area contributed by atoms with E-state index in [9.17, 15) is 9.90 Å². The van der Waals surface area contributed by atoms with Crippen molar-refractivity contribution in [2.24, 2.45) is 5.92 Å². The molecule has 6 heteroatoms. The van der Waals surface area contributed by atoms with Crippen LogP contribution in [0.4, 0.5) is 0 Å². The van der Waals surface area contributed by atoms with E-state index in [-0.39, 0.29) is 17.9 Å². The Kier molecular flexibility index (Phi) is 4.48. The summed E-state index contributed by atoms with van der Waals surface area (Å²) in [6, 6.07) is 3.68. The van der Waals surface area contributed by atoms with Crippen molar-refractivity contribution in [1.82, 2.24) is 20.5 Å². The SMILES string of the molecule is O=C(NC[C@H]1CCCC[C@@H]1O)c1[nH]ncc1-c1ccncc1. The second kappa shape index (κ2) is 6.70. The number of hydrogen-bond donors (Lipinski definition) is 3. The van der Waals surface area contributed by atoms with Crippen molar-refractivity contribution in [3.8, 4) is 11.1 Å². The maximum absolute atomic E-state index is 12.4. The standard InChI is InChI=1S/C16H20N4O2/c21-14-4-2-1-3-12(14)9-18-16(22)15-13(10-19-20-15)11-5-7-17-8-6-11/h5-8,10,12,14,21H,1-4,9H2,(H,18,22)(H,19,20)/t12-,14+/m1/s1. The molecule has 2 aromatic rings. The number of hydrogen-bond acceptors (Lipinski definition) is 4. The Hall–Kier alpha value is -2.21. The molecular weight excluding hydrogens is 280 g/mol. The number of aliphatic hydroxyl groups excluding tert-OH is 1.